The maximum Gasteiger partial charge on any atom is 0.225 e. The van der Waals surface area contributed by atoms with E-state index in [1.807, 2.05) is 13.0 Å². The standard InChI is InChI=1S/C18H24N4O/c1-4-18(23)21-17-12-9-15(13-19-17)20-14-7-10-16(11-8-14)22(5-2)6-3/h7-13,20H,4-6H2,1-3H3,(H,19,21,23). The van der Waals surface area contributed by atoms with Crippen LogP contribution in [0.15, 0.2) is 42.6 Å². The predicted molar refractivity (Wildman–Crippen MR) is 96.4 cm³/mol. The Morgan fingerprint density at radius 3 is 2.17 bits per heavy atom. The summed E-state index contributed by atoms with van der Waals surface area (Å²) < 4.78 is 0. The second-order valence-electron chi connectivity index (χ2n) is 5.18. The third-order valence-electron chi connectivity index (χ3n) is 3.64. The first-order chi connectivity index (χ1) is 11.2. The van der Waals surface area contributed by atoms with Gasteiger partial charge >= 0.3 is 0 Å². The SMILES string of the molecule is CCC(=O)Nc1ccc(Nc2ccc(N(CC)CC)cc2)cn1. The summed E-state index contributed by atoms with van der Waals surface area (Å²) in [7, 11) is 0. The quantitative estimate of drug-likeness (QED) is 0.811. The molecule has 1 aromatic heterocycles. The summed E-state index contributed by atoms with van der Waals surface area (Å²) in [6, 6.07) is 12.0. The van der Waals surface area contributed by atoms with Crippen molar-refractivity contribution < 1.29 is 4.79 Å². The van der Waals surface area contributed by atoms with Crippen LogP contribution in [0.1, 0.15) is 27.2 Å². The number of nitrogens with one attached hydrogen (secondary N) is 2. The van der Waals surface area contributed by atoms with Crippen molar-refractivity contribution in [3.05, 3.63) is 42.6 Å². The molecule has 2 rings (SSSR count). The summed E-state index contributed by atoms with van der Waals surface area (Å²) in [5.74, 6) is 0.532. The van der Waals surface area contributed by atoms with Gasteiger partial charge in [-0.05, 0) is 50.2 Å². The molecule has 0 atom stereocenters. The van der Waals surface area contributed by atoms with E-state index in [2.05, 4.69) is 58.6 Å². The summed E-state index contributed by atoms with van der Waals surface area (Å²) in [6.45, 7) is 8.11. The van der Waals surface area contributed by atoms with E-state index in [0.29, 0.717) is 12.2 Å². The van der Waals surface area contributed by atoms with E-state index < -0.39 is 0 Å². The second kappa shape index (κ2) is 8.17. The maximum absolute atomic E-state index is 11.3. The van der Waals surface area contributed by atoms with E-state index in [4.69, 9.17) is 0 Å². The smallest absolute Gasteiger partial charge is 0.225 e. The molecule has 2 N–H and O–H groups in total. The predicted octanol–water partition coefficient (Wildman–Crippen LogP) is 4.02. The Hall–Kier alpha value is -2.56. The zero-order valence-electron chi connectivity index (χ0n) is 14.0. The molecule has 1 aromatic carbocycles. The number of anilines is 4. The first-order valence-electron chi connectivity index (χ1n) is 8.04. The number of amides is 1. The molecule has 2 aromatic rings. The van der Waals surface area contributed by atoms with Gasteiger partial charge in [-0.25, -0.2) is 4.98 Å². The van der Waals surface area contributed by atoms with Gasteiger partial charge in [0.15, 0.2) is 0 Å². The van der Waals surface area contributed by atoms with Crippen LogP contribution >= 0.6 is 0 Å². The molecule has 0 saturated carbocycles. The maximum atomic E-state index is 11.3. The van der Waals surface area contributed by atoms with Gasteiger partial charge in [0.2, 0.25) is 5.91 Å². The molecule has 0 saturated heterocycles. The summed E-state index contributed by atoms with van der Waals surface area (Å²) in [6.07, 6.45) is 2.16. The molecule has 5 heteroatoms. The van der Waals surface area contributed by atoms with Gasteiger partial charge < -0.3 is 15.5 Å². The van der Waals surface area contributed by atoms with Gasteiger partial charge in [-0.2, -0.15) is 0 Å². The summed E-state index contributed by atoms with van der Waals surface area (Å²) in [5.41, 5.74) is 3.11. The van der Waals surface area contributed by atoms with Crippen molar-refractivity contribution in [2.45, 2.75) is 27.2 Å². The van der Waals surface area contributed by atoms with Crippen LogP contribution in [0.2, 0.25) is 0 Å². The van der Waals surface area contributed by atoms with Crippen LogP contribution in [0, 0.1) is 0 Å². The van der Waals surface area contributed by atoms with Gasteiger partial charge in [0.25, 0.3) is 0 Å². The van der Waals surface area contributed by atoms with E-state index in [9.17, 15) is 4.79 Å². The third kappa shape index (κ3) is 4.71. The third-order valence-corrected chi connectivity index (χ3v) is 3.64. The molecule has 0 aliphatic heterocycles. The number of hydrogen-bond acceptors (Lipinski definition) is 4. The average Bonchev–Trinajstić information content (AvgIpc) is 2.59. The van der Waals surface area contributed by atoms with Crippen molar-refractivity contribution >= 4 is 28.8 Å². The fourth-order valence-electron chi connectivity index (χ4n) is 2.28. The van der Waals surface area contributed by atoms with Crippen LogP contribution in [0.25, 0.3) is 0 Å². The highest BCUT2D eigenvalue weighted by Gasteiger charge is 2.03. The van der Waals surface area contributed by atoms with Gasteiger partial charge in [0, 0.05) is 30.9 Å². The fourth-order valence-corrected chi connectivity index (χ4v) is 2.28. The number of aromatic nitrogens is 1. The minimum absolute atomic E-state index is 0.0369. The van der Waals surface area contributed by atoms with E-state index in [1.54, 1.807) is 12.3 Å². The van der Waals surface area contributed by atoms with Crippen LogP contribution in [0.4, 0.5) is 22.9 Å². The molecule has 122 valence electrons. The highest BCUT2D eigenvalue weighted by atomic mass is 16.1. The van der Waals surface area contributed by atoms with Gasteiger partial charge in [-0.3, -0.25) is 4.79 Å². The number of pyridine rings is 1. The van der Waals surface area contributed by atoms with Gasteiger partial charge in [-0.1, -0.05) is 6.92 Å². The normalized spacial score (nSPS) is 10.2. The van der Waals surface area contributed by atoms with Crippen LogP contribution in [-0.4, -0.2) is 24.0 Å². The Balaban J connectivity index is 2.00. The number of hydrogen-bond donors (Lipinski definition) is 2. The highest BCUT2D eigenvalue weighted by molar-refractivity contribution is 5.89. The molecule has 1 amide bonds. The van der Waals surface area contributed by atoms with Gasteiger partial charge in [0.05, 0.1) is 11.9 Å². The molecule has 0 spiro atoms. The number of nitrogens with zero attached hydrogens (tertiary/aromatic N) is 2. The monoisotopic (exact) mass is 312 g/mol. The molecule has 23 heavy (non-hydrogen) atoms. The van der Waals surface area contributed by atoms with Crippen LogP contribution < -0.4 is 15.5 Å². The van der Waals surface area contributed by atoms with Gasteiger partial charge in [-0.15, -0.1) is 0 Å². The second-order valence-corrected chi connectivity index (χ2v) is 5.18. The summed E-state index contributed by atoms with van der Waals surface area (Å²) >= 11 is 0. The van der Waals surface area contributed by atoms with Crippen LogP contribution in [-0.2, 0) is 4.79 Å². The molecule has 0 radical (unpaired) electrons. The van der Waals surface area contributed by atoms with Crippen molar-refractivity contribution in [2.75, 3.05) is 28.6 Å². The molecule has 1 heterocycles. The number of carbonyl (C=O) groups excluding carboxylic acids is 1. The first kappa shape index (κ1) is 16.8. The van der Waals surface area contributed by atoms with Gasteiger partial charge in [0.1, 0.15) is 5.82 Å². The van der Waals surface area contributed by atoms with Crippen molar-refractivity contribution in [3.8, 4) is 0 Å². The Labute approximate surface area is 137 Å². The molecule has 5 nitrogen and oxygen atoms in total. The lowest BCUT2D eigenvalue weighted by molar-refractivity contribution is -0.115. The Morgan fingerprint density at radius 1 is 1.00 bits per heavy atom. The summed E-state index contributed by atoms with van der Waals surface area (Å²) in [5, 5.41) is 6.04. The topological polar surface area (TPSA) is 57.3 Å². The van der Waals surface area contributed by atoms with E-state index in [1.165, 1.54) is 5.69 Å². The molecule has 0 bridgehead atoms. The lowest BCUT2D eigenvalue weighted by Gasteiger charge is -2.21. The molecule has 0 aliphatic carbocycles. The zero-order valence-corrected chi connectivity index (χ0v) is 14.0. The lowest BCUT2D eigenvalue weighted by atomic mass is 10.2. The fraction of sp³-hybridized carbons (Fsp3) is 0.333. The number of rotatable bonds is 7. The van der Waals surface area contributed by atoms with E-state index in [-0.39, 0.29) is 5.91 Å². The molecule has 0 unspecified atom stereocenters. The van der Waals surface area contributed by atoms with Crippen molar-refractivity contribution in [1.29, 1.82) is 0 Å². The first-order valence-corrected chi connectivity index (χ1v) is 8.04. The Bertz CT molecular complexity index is 618. The Morgan fingerprint density at radius 2 is 1.65 bits per heavy atom. The van der Waals surface area contributed by atoms with E-state index in [0.717, 1.165) is 24.5 Å². The number of benzene rings is 1. The zero-order chi connectivity index (χ0) is 16.7. The average molecular weight is 312 g/mol. The van der Waals surface area contributed by atoms with Crippen molar-refractivity contribution in [2.24, 2.45) is 0 Å². The highest BCUT2D eigenvalue weighted by Crippen LogP contribution is 2.21. The van der Waals surface area contributed by atoms with Crippen molar-refractivity contribution in [1.82, 2.24) is 4.98 Å². The lowest BCUT2D eigenvalue weighted by Crippen LogP contribution is -2.21. The van der Waals surface area contributed by atoms with Crippen LogP contribution in [0.3, 0.4) is 0 Å². The molecular formula is C18H24N4O. The summed E-state index contributed by atoms with van der Waals surface area (Å²) in [4.78, 5) is 17.9. The minimum atomic E-state index is -0.0369. The van der Waals surface area contributed by atoms with E-state index >= 15 is 0 Å². The molecular weight excluding hydrogens is 288 g/mol. The Kier molecular flexibility index (Phi) is 5.97. The largest absolute Gasteiger partial charge is 0.372 e. The van der Waals surface area contributed by atoms with Crippen LogP contribution in [0.5, 0.6) is 0 Å². The minimum Gasteiger partial charge on any atom is -0.372 e. The number of carbonyl (C=O) groups is 1. The van der Waals surface area contributed by atoms with Crippen molar-refractivity contribution in [3.63, 3.8) is 0 Å². The molecule has 0 aliphatic rings. The molecule has 0 fully saturated rings.